The van der Waals surface area contributed by atoms with Crippen molar-refractivity contribution in [1.29, 1.82) is 0 Å². The zero-order valence-corrected chi connectivity index (χ0v) is 13.4. The van der Waals surface area contributed by atoms with E-state index in [4.69, 9.17) is 4.52 Å². The maximum absolute atomic E-state index is 11.3. The van der Waals surface area contributed by atoms with Crippen molar-refractivity contribution in [3.63, 3.8) is 0 Å². The molecule has 3 rings (SSSR count). The number of carbonyl (C=O) groups excluding carboxylic acids is 1. The molecule has 1 amide bonds. The number of carbonyl (C=O) groups is 1. The van der Waals surface area contributed by atoms with Crippen LogP contribution >= 0.6 is 0 Å². The number of rotatable bonds is 6. The third-order valence-electron chi connectivity index (χ3n) is 3.97. The van der Waals surface area contributed by atoms with Crippen molar-refractivity contribution in [3.8, 4) is 11.5 Å². The summed E-state index contributed by atoms with van der Waals surface area (Å²) in [6.45, 7) is 5.58. The Labute approximate surface area is 135 Å². The first kappa shape index (κ1) is 15.6. The van der Waals surface area contributed by atoms with Gasteiger partial charge in [0.2, 0.25) is 17.6 Å². The van der Waals surface area contributed by atoms with E-state index in [1.54, 1.807) is 6.20 Å². The summed E-state index contributed by atoms with van der Waals surface area (Å²) in [4.78, 5) is 22.2. The fourth-order valence-electron chi connectivity index (χ4n) is 2.65. The van der Waals surface area contributed by atoms with Crippen molar-refractivity contribution in [1.82, 2.24) is 25.3 Å². The van der Waals surface area contributed by atoms with Crippen LogP contribution in [0.2, 0.25) is 0 Å². The monoisotopic (exact) mass is 315 g/mol. The fourth-order valence-corrected chi connectivity index (χ4v) is 2.65. The smallest absolute Gasteiger partial charge is 0.241 e. The molecule has 0 spiro atoms. The maximum atomic E-state index is 11.3. The predicted octanol–water partition coefficient (Wildman–Crippen LogP) is 1.62. The molecule has 0 aromatic carbocycles. The highest BCUT2D eigenvalue weighted by Crippen LogP contribution is 2.16. The molecule has 0 radical (unpaired) electrons. The van der Waals surface area contributed by atoms with E-state index >= 15 is 0 Å². The molecular weight excluding hydrogens is 294 g/mol. The van der Waals surface area contributed by atoms with Gasteiger partial charge in [-0.05, 0) is 32.4 Å². The fraction of sp³-hybridized carbons (Fsp3) is 0.500. The van der Waals surface area contributed by atoms with Gasteiger partial charge in [0, 0.05) is 31.2 Å². The van der Waals surface area contributed by atoms with Gasteiger partial charge in [-0.25, -0.2) is 0 Å². The maximum Gasteiger partial charge on any atom is 0.241 e. The Kier molecular flexibility index (Phi) is 4.66. The Balaban J connectivity index is 1.66. The summed E-state index contributed by atoms with van der Waals surface area (Å²) in [6.07, 6.45) is 3.20. The average molecular weight is 315 g/mol. The first-order chi connectivity index (χ1) is 11.1. The van der Waals surface area contributed by atoms with Crippen LogP contribution in [0.15, 0.2) is 28.9 Å². The number of pyridine rings is 1. The van der Waals surface area contributed by atoms with E-state index in [1.807, 2.05) is 18.2 Å². The second kappa shape index (κ2) is 6.87. The predicted molar refractivity (Wildman–Crippen MR) is 84.2 cm³/mol. The van der Waals surface area contributed by atoms with Crippen molar-refractivity contribution in [2.45, 2.75) is 45.3 Å². The summed E-state index contributed by atoms with van der Waals surface area (Å²) in [7, 11) is 0. The van der Waals surface area contributed by atoms with Crippen molar-refractivity contribution in [2.24, 2.45) is 0 Å². The topological polar surface area (TPSA) is 84.2 Å². The lowest BCUT2D eigenvalue weighted by atomic mass is 10.2. The molecule has 23 heavy (non-hydrogen) atoms. The molecule has 0 bridgehead atoms. The molecule has 1 saturated heterocycles. The van der Waals surface area contributed by atoms with Crippen LogP contribution in [0.5, 0.6) is 0 Å². The van der Waals surface area contributed by atoms with Gasteiger partial charge in [0.1, 0.15) is 5.69 Å². The van der Waals surface area contributed by atoms with E-state index in [1.165, 1.54) is 0 Å². The molecule has 1 fully saturated rings. The van der Waals surface area contributed by atoms with Gasteiger partial charge < -0.3 is 9.84 Å². The van der Waals surface area contributed by atoms with Crippen LogP contribution in [0.25, 0.3) is 11.5 Å². The van der Waals surface area contributed by atoms with Crippen molar-refractivity contribution in [3.05, 3.63) is 30.3 Å². The van der Waals surface area contributed by atoms with Gasteiger partial charge in [-0.15, -0.1) is 0 Å². The Hall–Kier alpha value is -2.28. The van der Waals surface area contributed by atoms with Crippen LogP contribution in [0.3, 0.4) is 0 Å². The summed E-state index contributed by atoms with van der Waals surface area (Å²) in [5.41, 5.74) is 0.696. The number of amides is 1. The van der Waals surface area contributed by atoms with E-state index in [9.17, 15) is 4.79 Å². The van der Waals surface area contributed by atoms with Crippen molar-refractivity contribution >= 4 is 5.91 Å². The Bertz CT molecular complexity index is 656. The van der Waals surface area contributed by atoms with Gasteiger partial charge in [-0.2, -0.15) is 4.98 Å². The third kappa shape index (κ3) is 3.92. The number of nitrogens with zero attached hydrogens (tertiary/aromatic N) is 4. The van der Waals surface area contributed by atoms with Gasteiger partial charge in [-0.1, -0.05) is 11.2 Å². The highest BCUT2D eigenvalue weighted by molar-refractivity contribution is 5.78. The quantitative estimate of drug-likeness (QED) is 0.872. The standard InChI is InChI=1S/C16H21N5O2/c1-11(2)21(9-12-6-7-14(22)18-12)10-15-19-16(20-23-15)13-5-3-4-8-17-13/h3-5,8,11-12H,6-7,9-10H2,1-2H3,(H,18,22). The molecule has 0 saturated carbocycles. The molecule has 2 aromatic heterocycles. The SMILES string of the molecule is CC(C)N(Cc1nc(-c2ccccn2)no1)CC1CCC(=O)N1. The van der Waals surface area contributed by atoms with Gasteiger partial charge in [0.05, 0.1) is 6.54 Å². The first-order valence-electron chi connectivity index (χ1n) is 7.89. The van der Waals surface area contributed by atoms with Crippen LogP contribution in [-0.2, 0) is 11.3 Å². The summed E-state index contributed by atoms with van der Waals surface area (Å²) < 4.78 is 5.36. The van der Waals surface area contributed by atoms with E-state index in [-0.39, 0.29) is 11.9 Å². The number of hydrogen-bond acceptors (Lipinski definition) is 6. The summed E-state index contributed by atoms with van der Waals surface area (Å²) >= 11 is 0. The first-order valence-corrected chi connectivity index (χ1v) is 7.89. The normalized spacial score (nSPS) is 17.9. The zero-order chi connectivity index (χ0) is 16.2. The highest BCUT2D eigenvalue weighted by Gasteiger charge is 2.25. The van der Waals surface area contributed by atoms with E-state index in [0.717, 1.165) is 13.0 Å². The number of nitrogens with one attached hydrogen (secondary N) is 1. The summed E-state index contributed by atoms with van der Waals surface area (Å²) in [5.74, 6) is 1.19. The molecular formula is C16H21N5O2. The molecule has 1 N–H and O–H groups in total. The molecule has 0 aliphatic carbocycles. The second-order valence-electron chi connectivity index (χ2n) is 6.05. The van der Waals surface area contributed by atoms with E-state index < -0.39 is 0 Å². The van der Waals surface area contributed by atoms with E-state index in [0.29, 0.717) is 36.4 Å². The van der Waals surface area contributed by atoms with Crippen LogP contribution in [0.4, 0.5) is 0 Å². The lowest BCUT2D eigenvalue weighted by Gasteiger charge is -2.27. The van der Waals surface area contributed by atoms with Crippen LogP contribution in [0, 0.1) is 0 Å². The lowest BCUT2D eigenvalue weighted by molar-refractivity contribution is -0.119. The molecule has 122 valence electrons. The minimum absolute atomic E-state index is 0.133. The van der Waals surface area contributed by atoms with Crippen molar-refractivity contribution < 1.29 is 9.32 Å². The zero-order valence-electron chi connectivity index (χ0n) is 13.4. The lowest BCUT2D eigenvalue weighted by Crippen LogP contribution is -2.41. The average Bonchev–Trinajstić information content (AvgIpc) is 3.17. The van der Waals surface area contributed by atoms with Gasteiger partial charge >= 0.3 is 0 Å². The number of hydrogen-bond donors (Lipinski definition) is 1. The Morgan fingerprint density at radius 2 is 2.30 bits per heavy atom. The molecule has 7 nitrogen and oxygen atoms in total. The van der Waals surface area contributed by atoms with E-state index in [2.05, 4.69) is 39.2 Å². The van der Waals surface area contributed by atoms with Crippen LogP contribution < -0.4 is 5.32 Å². The minimum atomic E-state index is 0.133. The summed E-state index contributed by atoms with van der Waals surface area (Å²) in [5, 5.41) is 7.00. The Morgan fingerprint density at radius 1 is 1.43 bits per heavy atom. The molecule has 1 atom stereocenters. The number of aromatic nitrogens is 3. The molecule has 3 heterocycles. The molecule has 1 aliphatic rings. The molecule has 1 unspecified atom stereocenters. The van der Waals surface area contributed by atoms with Crippen LogP contribution in [-0.4, -0.2) is 44.6 Å². The van der Waals surface area contributed by atoms with Crippen LogP contribution in [0.1, 0.15) is 32.6 Å². The highest BCUT2D eigenvalue weighted by atomic mass is 16.5. The molecule has 7 heteroatoms. The minimum Gasteiger partial charge on any atom is -0.352 e. The second-order valence-corrected chi connectivity index (χ2v) is 6.05. The Morgan fingerprint density at radius 3 is 2.96 bits per heavy atom. The molecule has 2 aromatic rings. The molecule has 1 aliphatic heterocycles. The van der Waals surface area contributed by atoms with Gasteiger partial charge in [-0.3, -0.25) is 14.7 Å². The van der Waals surface area contributed by atoms with Gasteiger partial charge in [0.15, 0.2) is 0 Å². The van der Waals surface area contributed by atoms with Gasteiger partial charge in [0.25, 0.3) is 0 Å². The van der Waals surface area contributed by atoms with Crippen molar-refractivity contribution in [2.75, 3.05) is 6.54 Å². The summed E-state index contributed by atoms with van der Waals surface area (Å²) in [6, 6.07) is 6.10. The largest absolute Gasteiger partial charge is 0.352 e. The third-order valence-corrected chi connectivity index (χ3v) is 3.97.